The molecule has 1 rings (SSSR count). The van der Waals surface area contributed by atoms with E-state index in [1.54, 1.807) is 0 Å². The van der Waals surface area contributed by atoms with Gasteiger partial charge in [-0.3, -0.25) is 0 Å². The van der Waals surface area contributed by atoms with E-state index in [1.165, 1.54) is 6.07 Å². The maximum atomic E-state index is 12.9. The van der Waals surface area contributed by atoms with Crippen molar-refractivity contribution < 1.29 is 21.6 Å². The SMILES string of the molecule is Cc1c(C(F)(F)F)cccc1S(=O)(=O)NC(CBr)C(C)C. The molecule has 0 radical (unpaired) electrons. The Balaban J connectivity index is 3.27. The molecule has 0 amide bonds. The van der Waals surface area contributed by atoms with E-state index in [-0.39, 0.29) is 16.4 Å². The second-order valence-electron chi connectivity index (χ2n) is 5.05. The topological polar surface area (TPSA) is 46.2 Å². The zero-order valence-corrected chi connectivity index (χ0v) is 14.2. The summed E-state index contributed by atoms with van der Waals surface area (Å²) in [6, 6.07) is 2.75. The van der Waals surface area contributed by atoms with Crippen LogP contribution in [0.5, 0.6) is 0 Å². The zero-order valence-electron chi connectivity index (χ0n) is 11.8. The van der Waals surface area contributed by atoms with Gasteiger partial charge in [-0.05, 0) is 30.5 Å². The minimum atomic E-state index is -4.58. The second-order valence-corrected chi connectivity index (χ2v) is 7.38. The van der Waals surface area contributed by atoms with Gasteiger partial charge in [0, 0.05) is 11.4 Å². The molecule has 0 aliphatic heterocycles. The number of hydrogen-bond donors (Lipinski definition) is 1. The van der Waals surface area contributed by atoms with Crippen LogP contribution in [-0.2, 0) is 16.2 Å². The number of sulfonamides is 1. The maximum absolute atomic E-state index is 12.9. The van der Waals surface area contributed by atoms with Crippen molar-refractivity contribution >= 4 is 26.0 Å². The van der Waals surface area contributed by atoms with E-state index in [0.29, 0.717) is 5.33 Å². The summed E-state index contributed by atoms with van der Waals surface area (Å²) in [5, 5.41) is 0.377. The van der Waals surface area contributed by atoms with Crippen molar-refractivity contribution in [1.29, 1.82) is 0 Å². The lowest BCUT2D eigenvalue weighted by molar-refractivity contribution is -0.138. The largest absolute Gasteiger partial charge is 0.416 e. The molecule has 0 bridgehead atoms. The first kappa shape index (κ1) is 18.4. The number of halogens is 4. The number of benzene rings is 1. The zero-order chi connectivity index (χ0) is 16.4. The number of hydrogen-bond acceptors (Lipinski definition) is 2. The van der Waals surface area contributed by atoms with E-state index in [2.05, 4.69) is 20.7 Å². The van der Waals surface area contributed by atoms with Crippen LogP contribution in [0.1, 0.15) is 25.0 Å². The fourth-order valence-electron chi connectivity index (χ4n) is 1.82. The Morgan fingerprint density at radius 1 is 1.29 bits per heavy atom. The maximum Gasteiger partial charge on any atom is 0.416 e. The molecule has 1 aromatic rings. The van der Waals surface area contributed by atoms with Crippen LogP contribution in [0.3, 0.4) is 0 Å². The standard InChI is InChI=1S/C13H17BrF3NO2S/c1-8(2)11(7-14)18-21(19,20)12-6-4-5-10(9(12)3)13(15,16)17/h4-6,8,11,18H,7H2,1-3H3. The van der Waals surface area contributed by atoms with Crippen molar-refractivity contribution in [2.75, 3.05) is 5.33 Å². The summed E-state index contributed by atoms with van der Waals surface area (Å²) in [6.07, 6.45) is -4.58. The van der Waals surface area contributed by atoms with E-state index < -0.39 is 27.8 Å². The molecule has 8 heteroatoms. The van der Waals surface area contributed by atoms with Crippen molar-refractivity contribution in [2.24, 2.45) is 5.92 Å². The summed E-state index contributed by atoms with van der Waals surface area (Å²) in [7, 11) is -4.01. The summed E-state index contributed by atoms with van der Waals surface area (Å²) in [5.74, 6) is 0.00487. The average Bonchev–Trinajstić information content (AvgIpc) is 2.34. The first-order chi connectivity index (χ1) is 9.50. The monoisotopic (exact) mass is 387 g/mol. The Hall–Kier alpha value is -0.600. The van der Waals surface area contributed by atoms with Gasteiger partial charge in [0.15, 0.2) is 0 Å². The average molecular weight is 388 g/mol. The fraction of sp³-hybridized carbons (Fsp3) is 0.538. The van der Waals surface area contributed by atoms with Gasteiger partial charge in [0.05, 0.1) is 10.5 Å². The Bertz CT molecular complexity index is 600. The molecule has 0 aromatic heterocycles. The van der Waals surface area contributed by atoms with Crippen molar-refractivity contribution in [3.8, 4) is 0 Å². The molecule has 21 heavy (non-hydrogen) atoms. The third-order valence-corrected chi connectivity index (χ3v) is 5.49. The molecule has 0 fully saturated rings. The number of alkyl halides is 4. The molecule has 3 nitrogen and oxygen atoms in total. The van der Waals surface area contributed by atoms with Gasteiger partial charge in [-0.15, -0.1) is 0 Å². The van der Waals surface area contributed by atoms with Crippen LogP contribution < -0.4 is 4.72 Å². The highest BCUT2D eigenvalue weighted by Gasteiger charge is 2.35. The fourth-order valence-corrected chi connectivity index (χ4v) is 4.60. The number of rotatable bonds is 5. The van der Waals surface area contributed by atoms with Crippen molar-refractivity contribution in [1.82, 2.24) is 4.72 Å². The highest BCUT2D eigenvalue weighted by atomic mass is 79.9. The smallest absolute Gasteiger partial charge is 0.207 e. The molecule has 1 aromatic carbocycles. The van der Waals surface area contributed by atoms with Crippen LogP contribution in [0.25, 0.3) is 0 Å². The molecule has 1 unspecified atom stereocenters. The highest BCUT2D eigenvalue weighted by Crippen LogP contribution is 2.34. The molecule has 1 N–H and O–H groups in total. The van der Waals surface area contributed by atoms with E-state index >= 15 is 0 Å². The van der Waals surface area contributed by atoms with Crippen LogP contribution in [0.2, 0.25) is 0 Å². The lowest BCUT2D eigenvalue weighted by atomic mass is 10.1. The van der Waals surface area contributed by atoms with E-state index in [0.717, 1.165) is 19.1 Å². The van der Waals surface area contributed by atoms with Gasteiger partial charge in [0.1, 0.15) is 0 Å². The third-order valence-electron chi connectivity index (χ3n) is 3.16. The normalized spacial score (nSPS) is 14.5. The quantitative estimate of drug-likeness (QED) is 0.782. The van der Waals surface area contributed by atoms with Crippen LogP contribution >= 0.6 is 15.9 Å². The number of nitrogens with one attached hydrogen (secondary N) is 1. The van der Waals surface area contributed by atoms with E-state index in [1.807, 2.05) is 13.8 Å². The molecule has 0 aliphatic carbocycles. The predicted octanol–water partition coefficient (Wildman–Crippen LogP) is 3.71. The first-order valence-electron chi connectivity index (χ1n) is 6.25. The third kappa shape index (κ3) is 4.43. The molecule has 120 valence electrons. The van der Waals surface area contributed by atoms with Gasteiger partial charge in [-0.2, -0.15) is 13.2 Å². The molecular weight excluding hydrogens is 371 g/mol. The summed E-state index contributed by atoms with van der Waals surface area (Å²) >= 11 is 3.20. The minimum Gasteiger partial charge on any atom is -0.207 e. The summed E-state index contributed by atoms with van der Waals surface area (Å²) < 4.78 is 65.6. The molecule has 0 saturated heterocycles. The molecule has 0 spiro atoms. The molecular formula is C13H17BrF3NO2S. The van der Waals surface area contributed by atoms with Crippen LogP contribution in [0.4, 0.5) is 13.2 Å². The van der Waals surface area contributed by atoms with Crippen molar-refractivity contribution in [3.05, 3.63) is 29.3 Å². The van der Waals surface area contributed by atoms with Gasteiger partial charge in [0.25, 0.3) is 0 Å². The van der Waals surface area contributed by atoms with Gasteiger partial charge >= 0.3 is 6.18 Å². The summed E-state index contributed by atoms with van der Waals surface area (Å²) in [6.45, 7) is 4.82. The Morgan fingerprint density at radius 3 is 2.29 bits per heavy atom. The molecule has 1 atom stereocenters. The van der Waals surface area contributed by atoms with Gasteiger partial charge in [0.2, 0.25) is 10.0 Å². The molecule has 0 aliphatic rings. The van der Waals surface area contributed by atoms with Gasteiger partial charge in [-0.1, -0.05) is 35.8 Å². The first-order valence-corrected chi connectivity index (χ1v) is 8.86. The Kier molecular flexibility index (Phi) is 5.85. The molecule has 0 heterocycles. The highest BCUT2D eigenvalue weighted by molar-refractivity contribution is 9.09. The van der Waals surface area contributed by atoms with Crippen LogP contribution in [-0.4, -0.2) is 19.8 Å². The summed E-state index contributed by atoms with van der Waals surface area (Å²) in [5.41, 5.74) is -1.24. The van der Waals surface area contributed by atoms with E-state index in [9.17, 15) is 21.6 Å². The second kappa shape index (κ2) is 6.66. The summed E-state index contributed by atoms with van der Waals surface area (Å²) in [4.78, 5) is -0.344. The van der Waals surface area contributed by atoms with Crippen LogP contribution in [0.15, 0.2) is 23.1 Å². The Morgan fingerprint density at radius 2 is 1.86 bits per heavy atom. The van der Waals surface area contributed by atoms with E-state index in [4.69, 9.17) is 0 Å². The lowest BCUT2D eigenvalue weighted by Crippen LogP contribution is -2.40. The van der Waals surface area contributed by atoms with Crippen LogP contribution in [0, 0.1) is 12.8 Å². The van der Waals surface area contributed by atoms with Gasteiger partial charge < -0.3 is 0 Å². The predicted molar refractivity (Wildman–Crippen MR) is 78.9 cm³/mol. The van der Waals surface area contributed by atoms with Gasteiger partial charge in [-0.25, -0.2) is 13.1 Å². The lowest BCUT2D eigenvalue weighted by Gasteiger charge is -2.21. The van der Waals surface area contributed by atoms with Crippen molar-refractivity contribution in [3.63, 3.8) is 0 Å². The minimum absolute atomic E-state index is 0.00487. The molecule has 0 saturated carbocycles. The van der Waals surface area contributed by atoms with Crippen molar-refractivity contribution in [2.45, 2.75) is 37.9 Å². The Labute approximate surface area is 131 Å².